The minimum atomic E-state index is -0.170. The summed E-state index contributed by atoms with van der Waals surface area (Å²) in [6.45, 7) is 12.5. The van der Waals surface area contributed by atoms with E-state index in [2.05, 4.69) is 35.9 Å². The summed E-state index contributed by atoms with van der Waals surface area (Å²) >= 11 is 0. The number of piperidine rings is 1. The lowest BCUT2D eigenvalue weighted by atomic mass is 9.81. The Kier molecular flexibility index (Phi) is 4.85. The van der Waals surface area contributed by atoms with Gasteiger partial charge in [-0.2, -0.15) is 0 Å². The number of hydrogen-bond acceptors (Lipinski definition) is 3. The zero-order valence-corrected chi connectivity index (χ0v) is 12.7. The third kappa shape index (κ3) is 3.11. The molecule has 4 nitrogen and oxygen atoms in total. The Balaban J connectivity index is 1.94. The van der Waals surface area contributed by atoms with Gasteiger partial charge in [-0.25, -0.2) is 0 Å². The molecule has 0 radical (unpaired) electrons. The predicted molar refractivity (Wildman–Crippen MR) is 78.1 cm³/mol. The first kappa shape index (κ1) is 14.8. The van der Waals surface area contributed by atoms with E-state index in [0.717, 1.165) is 58.5 Å². The largest absolute Gasteiger partial charge is 0.341 e. The second kappa shape index (κ2) is 6.23. The van der Waals surface area contributed by atoms with Crippen LogP contribution in [-0.4, -0.2) is 61.0 Å². The van der Waals surface area contributed by atoms with Crippen molar-refractivity contribution in [1.82, 2.24) is 15.1 Å². The molecule has 2 unspecified atom stereocenters. The summed E-state index contributed by atoms with van der Waals surface area (Å²) in [5.41, 5.74) is -0.170. The lowest BCUT2D eigenvalue weighted by Gasteiger charge is -2.36. The van der Waals surface area contributed by atoms with Gasteiger partial charge in [0.05, 0.1) is 5.41 Å². The van der Waals surface area contributed by atoms with Crippen molar-refractivity contribution in [1.29, 1.82) is 0 Å². The summed E-state index contributed by atoms with van der Waals surface area (Å²) in [7, 11) is 0. The molecule has 110 valence electrons. The van der Waals surface area contributed by atoms with Crippen molar-refractivity contribution in [3.05, 3.63) is 0 Å². The van der Waals surface area contributed by atoms with Gasteiger partial charge < -0.3 is 10.2 Å². The third-order valence-corrected chi connectivity index (χ3v) is 4.89. The average Bonchev–Trinajstić information content (AvgIpc) is 2.90. The molecule has 2 aliphatic rings. The Bertz CT molecular complexity index is 309. The number of likely N-dealkylation sites (tertiary alicyclic amines) is 1. The molecule has 1 amide bonds. The number of likely N-dealkylation sites (N-methyl/N-ethyl adjacent to an activating group) is 1. The molecule has 0 aromatic heterocycles. The monoisotopic (exact) mass is 267 g/mol. The number of nitrogens with zero attached hydrogens (tertiary/aromatic N) is 2. The normalized spacial score (nSPS) is 32.0. The molecule has 0 saturated carbocycles. The molecule has 2 heterocycles. The second-order valence-corrected chi connectivity index (χ2v) is 6.26. The minimum Gasteiger partial charge on any atom is -0.341 e. The van der Waals surface area contributed by atoms with Gasteiger partial charge in [-0.05, 0) is 45.8 Å². The van der Waals surface area contributed by atoms with Crippen LogP contribution in [0.1, 0.15) is 40.0 Å². The Morgan fingerprint density at radius 1 is 1.42 bits per heavy atom. The van der Waals surface area contributed by atoms with Crippen molar-refractivity contribution in [2.45, 2.75) is 46.1 Å². The van der Waals surface area contributed by atoms with Crippen LogP contribution in [0.2, 0.25) is 0 Å². The van der Waals surface area contributed by atoms with Crippen molar-refractivity contribution in [3.63, 3.8) is 0 Å². The van der Waals surface area contributed by atoms with Crippen LogP contribution in [0.4, 0.5) is 0 Å². The summed E-state index contributed by atoms with van der Waals surface area (Å²) in [5.74, 6) is 0.370. The number of carbonyl (C=O) groups excluding carboxylic acids is 1. The molecule has 2 fully saturated rings. The Labute approximate surface area is 117 Å². The molecule has 0 bridgehead atoms. The summed E-state index contributed by atoms with van der Waals surface area (Å²) in [6, 6.07) is 0.569. The maximum Gasteiger partial charge on any atom is 0.229 e. The molecule has 2 rings (SSSR count). The van der Waals surface area contributed by atoms with Crippen LogP contribution in [0, 0.1) is 5.41 Å². The van der Waals surface area contributed by atoms with Crippen LogP contribution in [0.5, 0.6) is 0 Å². The van der Waals surface area contributed by atoms with Crippen molar-refractivity contribution >= 4 is 5.91 Å². The van der Waals surface area contributed by atoms with E-state index in [1.807, 2.05) is 0 Å². The van der Waals surface area contributed by atoms with Crippen LogP contribution < -0.4 is 5.32 Å². The van der Waals surface area contributed by atoms with E-state index in [1.165, 1.54) is 0 Å². The third-order valence-electron chi connectivity index (χ3n) is 4.89. The standard InChI is InChI=1S/C15H29N3O/c1-4-17(5-2)13-7-10-18(11-13)14(19)15(3)8-6-9-16-12-15/h13,16H,4-12H2,1-3H3. The SMILES string of the molecule is CCN(CC)C1CCN(C(=O)C2(C)CCCNC2)C1. The fraction of sp³-hybridized carbons (Fsp3) is 0.933. The zero-order chi connectivity index (χ0) is 13.9. The highest BCUT2D eigenvalue weighted by molar-refractivity contribution is 5.83. The van der Waals surface area contributed by atoms with Crippen LogP contribution >= 0.6 is 0 Å². The van der Waals surface area contributed by atoms with E-state index < -0.39 is 0 Å². The van der Waals surface area contributed by atoms with Gasteiger partial charge in [-0.1, -0.05) is 13.8 Å². The maximum absolute atomic E-state index is 12.7. The van der Waals surface area contributed by atoms with E-state index in [0.29, 0.717) is 11.9 Å². The van der Waals surface area contributed by atoms with E-state index in [-0.39, 0.29) is 5.41 Å². The molecule has 0 aromatic rings. The average molecular weight is 267 g/mol. The summed E-state index contributed by atoms with van der Waals surface area (Å²) in [6.07, 6.45) is 3.29. The molecule has 2 atom stereocenters. The molecule has 0 spiro atoms. The first-order valence-corrected chi connectivity index (χ1v) is 7.85. The highest BCUT2D eigenvalue weighted by atomic mass is 16.2. The van der Waals surface area contributed by atoms with Gasteiger partial charge in [0.2, 0.25) is 5.91 Å². The summed E-state index contributed by atoms with van der Waals surface area (Å²) < 4.78 is 0. The molecular weight excluding hydrogens is 238 g/mol. The van der Waals surface area contributed by atoms with Gasteiger partial charge in [-0.3, -0.25) is 9.69 Å². The van der Waals surface area contributed by atoms with E-state index in [4.69, 9.17) is 0 Å². The predicted octanol–water partition coefficient (Wildman–Crippen LogP) is 1.32. The molecule has 0 aromatic carbocycles. The topological polar surface area (TPSA) is 35.6 Å². The van der Waals surface area contributed by atoms with Gasteiger partial charge in [-0.15, -0.1) is 0 Å². The Morgan fingerprint density at radius 3 is 2.74 bits per heavy atom. The zero-order valence-electron chi connectivity index (χ0n) is 12.7. The van der Waals surface area contributed by atoms with Crippen LogP contribution in [-0.2, 0) is 4.79 Å². The molecule has 0 aliphatic carbocycles. The smallest absolute Gasteiger partial charge is 0.229 e. The van der Waals surface area contributed by atoms with Gasteiger partial charge in [0, 0.05) is 25.7 Å². The number of carbonyl (C=O) groups is 1. The lowest BCUT2D eigenvalue weighted by molar-refractivity contribution is -0.141. The van der Waals surface area contributed by atoms with Gasteiger partial charge >= 0.3 is 0 Å². The first-order valence-electron chi connectivity index (χ1n) is 7.85. The van der Waals surface area contributed by atoms with Crippen molar-refractivity contribution < 1.29 is 4.79 Å². The first-order chi connectivity index (χ1) is 9.10. The summed E-state index contributed by atoms with van der Waals surface area (Å²) in [4.78, 5) is 17.3. The van der Waals surface area contributed by atoms with Crippen molar-refractivity contribution in [2.24, 2.45) is 5.41 Å². The quantitative estimate of drug-likeness (QED) is 0.834. The van der Waals surface area contributed by atoms with Crippen LogP contribution in [0.15, 0.2) is 0 Å². The fourth-order valence-corrected chi connectivity index (χ4v) is 3.58. The van der Waals surface area contributed by atoms with Crippen molar-refractivity contribution in [3.8, 4) is 0 Å². The molecule has 1 N–H and O–H groups in total. The molecule has 4 heteroatoms. The number of hydrogen-bond donors (Lipinski definition) is 1. The van der Waals surface area contributed by atoms with Crippen LogP contribution in [0.3, 0.4) is 0 Å². The molecular formula is C15H29N3O. The number of nitrogens with one attached hydrogen (secondary N) is 1. The van der Waals surface area contributed by atoms with E-state index >= 15 is 0 Å². The number of amides is 1. The van der Waals surface area contributed by atoms with Gasteiger partial charge in [0.1, 0.15) is 0 Å². The van der Waals surface area contributed by atoms with Crippen molar-refractivity contribution in [2.75, 3.05) is 39.3 Å². The minimum absolute atomic E-state index is 0.170. The van der Waals surface area contributed by atoms with E-state index in [1.54, 1.807) is 0 Å². The highest BCUT2D eigenvalue weighted by Crippen LogP contribution is 2.30. The fourth-order valence-electron chi connectivity index (χ4n) is 3.58. The Morgan fingerprint density at radius 2 is 2.16 bits per heavy atom. The highest BCUT2D eigenvalue weighted by Gasteiger charge is 2.40. The summed E-state index contributed by atoms with van der Waals surface area (Å²) in [5, 5.41) is 3.38. The Hall–Kier alpha value is -0.610. The second-order valence-electron chi connectivity index (χ2n) is 6.26. The van der Waals surface area contributed by atoms with Gasteiger partial charge in [0.25, 0.3) is 0 Å². The molecule has 2 saturated heterocycles. The lowest BCUT2D eigenvalue weighted by Crippen LogP contribution is -2.50. The van der Waals surface area contributed by atoms with E-state index in [9.17, 15) is 4.79 Å². The van der Waals surface area contributed by atoms with Crippen LogP contribution in [0.25, 0.3) is 0 Å². The van der Waals surface area contributed by atoms with Gasteiger partial charge in [0.15, 0.2) is 0 Å². The molecule has 19 heavy (non-hydrogen) atoms. The molecule has 2 aliphatic heterocycles. The number of rotatable bonds is 4. The maximum atomic E-state index is 12.7.